The number of hydrogen-bond donors (Lipinski definition) is 2. The highest BCUT2D eigenvalue weighted by molar-refractivity contribution is 6.02. The van der Waals surface area contributed by atoms with E-state index >= 15 is 17.6 Å². The number of nitrogens with one attached hydrogen (secondary N) is 2. The van der Waals surface area contributed by atoms with Gasteiger partial charge in [-0.3, -0.25) is 9.98 Å². The molecule has 10 heteroatoms. The Morgan fingerprint density at radius 2 is 0.917 bits per heavy atom. The average molecular weight is 647 g/mol. The quantitative estimate of drug-likeness (QED) is 0.0979. The van der Waals surface area contributed by atoms with Crippen LogP contribution in [0, 0.1) is 37.1 Å². The number of rotatable bonds is 8. The Morgan fingerprint density at radius 3 is 1.33 bits per heavy atom. The van der Waals surface area contributed by atoms with Crippen molar-refractivity contribution in [1.82, 2.24) is 9.97 Å². The summed E-state index contributed by atoms with van der Waals surface area (Å²) in [4.78, 5) is 15.5. The number of hydrogen-bond acceptors (Lipinski definition) is 4. The summed E-state index contributed by atoms with van der Waals surface area (Å²) in [6, 6.07) is 27.4. The van der Waals surface area contributed by atoms with Crippen LogP contribution >= 0.6 is 0 Å². The van der Waals surface area contributed by atoms with Crippen LogP contribution in [0.2, 0.25) is 0 Å². The minimum Gasteiger partial charge on any atom is -0.451 e. The molecule has 0 spiro atoms. The van der Waals surface area contributed by atoms with E-state index in [-0.39, 0.29) is 11.5 Å². The molecule has 5 aromatic carbocycles. The lowest BCUT2D eigenvalue weighted by molar-refractivity contribution is 0.330. The van der Waals surface area contributed by atoms with Crippen LogP contribution in [0.4, 0.5) is 28.9 Å². The predicted octanol–water partition coefficient (Wildman–Crippen LogP) is 10.9. The van der Waals surface area contributed by atoms with Gasteiger partial charge in [0.15, 0.2) is 0 Å². The van der Waals surface area contributed by atoms with Gasteiger partial charge in [-0.25, -0.2) is 0 Å². The zero-order valence-corrected chi connectivity index (χ0v) is 25.6. The van der Waals surface area contributed by atoms with Crippen LogP contribution in [0.1, 0.15) is 22.5 Å². The highest BCUT2D eigenvalue weighted by Crippen LogP contribution is 2.40. The molecule has 6 nitrogen and oxygen atoms in total. The molecule has 2 heterocycles. The zero-order chi connectivity index (χ0) is 33.4. The summed E-state index contributed by atoms with van der Waals surface area (Å²) in [7, 11) is 0. The Labute approximate surface area is 272 Å². The second-order valence-corrected chi connectivity index (χ2v) is 11.0. The Balaban J connectivity index is 1.12. The highest BCUT2D eigenvalue weighted by Gasteiger charge is 2.29. The lowest BCUT2D eigenvalue weighted by atomic mass is 10.1. The maximum absolute atomic E-state index is 15.2. The molecule has 0 saturated carbocycles. The van der Waals surface area contributed by atoms with Gasteiger partial charge in [0.2, 0.25) is 34.8 Å². The van der Waals surface area contributed by atoms with Gasteiger partial charge in [-0.05, 0) is 50.2 Å². The largest absolute Gasteiger partial charge is 0.451 e. The number of aromatic amines is 2. The molecule has 0 atom stereocenters. The van der Waals surface area contributed by atoms with E-state index in [2.05, 4.69) is 20.0 Å². The van der Waals surface area contributed by atoms with Crippen molar-refractivity contribution in [3.05, 3.63) is 143 Å². The molecule has 0 aliphatic rings. The number of fused-ring (bicyclic) bond motifs is 2. The normalized spacial score (nSPS) is 11.8. The molecule has 0 bridgehead atoms. The van der Waals surface area contributed by atoms with E-state index in [1.807, 2.05) is 62.4 Å². The molecular formula is C38H26F4N4O2. The highest BCUT2D eigenvalue weighted by atomic mass is 19.2. The van der Waals surface area contributed by atoms with Gasteiger partial charge in [-0.1, -0.05) is 48.5 Å². The van der Waals surface area contributed by atoms with E-state index < -0.39 is 34.8 Å². The van der Waals surface area contributed by atoms with Crippen molar-refractivity contribution in [3.63, 3.8) is 0 Å². The van der Waals surface area contributed by atoms with Gasteiger partial charge < -0.3 is 19.4 Å². The molecule has 0 saturated heterocycles. The first-order valence-electron chi connectivity index (χ1n) is 14.9. The van der Waals surface area contributed by atoms with Crippen molar-refractivity contribution in [1.29, 1.82) is 0 Å². The number of halogens is 4. The number of aryl methyl sites for hydroxylation is 2. The fourth-order valence-corrected chi connectivity index (χ4v) is 5.47. The number of aromatic nitrogens is 2. The predicted molar refractivity (Wildman–Crippen MR) is 180 cm³/mol. The third kappa shape index (κ3) is 5.79. The second kappa shape index (κ2) is 12.6. The van der Waals surface area contributed by atoms with Gasteiger partial charge in [-0.2, -0.15) is 17.6 Å². The first-order chi connectivity index (χ1) is 23.3. The van der Waals surface area contributed by atoms with Gasteiger partial charge in [0.05, 0.1) is 11.4 Å². The van der Waals surface area contributed by atoms with Gasteiger partial charge in [0, 0.05) is 68.9 Å². The molecule has 2 aromatic heterocycles. The summed E-state index contributed by atoms with van der Waals surface area (Å²) in [6.07, 6.45) is 3.31. The number of nitrogens with zero attached hydrogens (tertiary/aromatic N) is 2. The van der Waals surface area contributed by atoms with Crippen LogP contribution in [0.15, 0.2) is 107 Å². The number of H-pyrrole nitrogens is 2. The summed E-state index contributed by atoms with van der Waals surface area (Å²) >= 11 is 0. The first-order valence-corrected chi connectivity index (χ1v) is 14.9. The van der Waals surface area contributed by atoms with Gasteiger partial charge in [0.25, 0.3) is 0 Å². The molecule has 48 heavy (non-hydrogen) atoms. The maximum atomic E-state index is 15.2. The molecule has 238 valence electrons. The Hall–Kier alpha value is -6.16. The molecular weight excluding hydrogens is 620 g/mol. The van der Waals surface area contributed by atoms with Crippen molar-refractivity contribution in [3.8, 4) is 23.0 Å². The van der Waals surface area contributed by atoms with Gasteiger partial charge in [0.1, 0.15) is 11.5 Å². The van der Waals surface area contributed by atoms with Crippen LogP contribution in [0.3, 0.4) is 0 Å². The summed E-state index contributed by atoms with van der Waals surface area (Å²) in [5, 5.41) is 1.95. The number of ether oxygens (including phenoxy) is 2. The molecule has 0 fully saturated rings. The minimum absolute atomic E-state index is 0.0819. The summed E-state index contributed by atoms with van der Waals surface area (Å²) in [5.41, 5.74) is 6.24. The standard InChI is InChI=1S/C38H26F4N4O2/c1-21-29(27-13-3-5-15-31(27)45-21)19-43-23-9-7-11-25(17-23)47-37-33(39)35(41)38(36(42)34(37)40)48-26-12-8-10-24(18-26)44-20-30-22(2)46-32-16-6-4-14-28(30)32/h3-20,45-46H,1-2H3. The Bertz CT molecular complexity index is 2200. The molecule has 0 amide bonds. The van der Waals surface area contributed by atoms with Gasteiger partial charge >= 0.3 is 0 Å². The molecule has 0 unspecified atom stereocenters. The molecule has 0 aliphatic heterocycles. The third-order valence-electron chi connectivity index (χ3n) is 7.83. The molecule has 0 aliphatic carbocycles. The van der Waals surface area contributed by atoms with Crippen LogP contribution in [0.5, 0.6) is 23.0 Å². The Kier molecular flexibility index (Phi) is 7.98. The fraction of sp³-hybridized carbons (Fsp3) is 0.0526. The van der Waals surface area contributed by atoms with Crippen LogP contribution < -0.4 is 9.47 Å². The van der Waals surface area contributed by atoms with Crippen LogP contribution in [-0.4, -0.2) is 22.4 Å². The van der Waals surface area contributed by atoms with Crippen LogP contribution in [-0.2, 0) is 0 Å². The monoisotopic (exact) mass is 646 g/mol. The van der Waals surface area contributed by atoms with Crippen molar-refractivity contribution in [2.45, 2.75) is 13.8 Å². The van der Waals surface area contributed by atoms with Crippen molar-refractivity contribution >= 4 is 45.6 Å². The van der Waals surface area contributed by atoms with E-state index in [1.165, 1.54) is 24.3 Å². The average Bonchev–Trinajstić information content (AvgIpc) is 3.60. The molecule has 2 N–H and O–H groups in total. The first kappa shape index (κ1) is 30.5. The molecule has 7 aromatic rings. The summed E-state index contributed by atoms with van der Waals surface area (Å²) < 4.78 is 71.4. The van der Waals surface area contributed by atoms with Crippen molar-refractivity contribution < 1.29 is 27.0 Å². The lowest BCUT2D eigenvalue weighted by Crippen LogP contribution is -2.03. The van der Waals surface area contributed by atoms with E-state index in [0.29, 0.717) is 11.4 Å². The van der Waals surface area contributed by atoms with Gasteiger partial charge in [-0.15, -0.1) is 0 Å². The van der Waals surface area contributed by atoms with E-state index in [1.54, 1.807) is 36.7 Å². The topological polar surface area (TPSA) is 74.8 Å². The third-order valence-corrected chi connectivity index (χ3v) is 7.83. The molecule has 7 rings (SSSR count). The number of benzene rings is 5. The Morgan fingerprint density at radius 1 is 0.521 bits per heavy atom. The van der Waals surface area contributed by atoms with E-state index in [4.69, 9.17) is 9.47 Å². The maximum Gasteiger partial charge on any atom is 0.208 e. The fourth-order valence-electron chi connectivity index (χ4n) is 5.47. The minimum atomic E-state index is -1.75. The number of aliphatic imine (C=N–C) groups is 2. The van der Waals surface area contributed by atoms with E-state index in [9.17, 15) is 0 Å². The van der Waals surface area contributed by atoms with Crippen molar-refractivity contribution in [2.75, 3.05) is 0 Å². The lowest BCUT2D eigenvalue weighted by Gasteiger charge is -2.14. The van der Waals surface area contributed by atoms with Crippen LogP contribution in [0.25, 0.3) is 21.8 Å². The smallest absolute Gasteiger partial charge is 0.208 e. The number of para-hydroxylation sites is 2. The SMILES string of the molecule is Cc1[nH]c2ccccc2c1C=Nc1cccc(Oc2c(F)c(F)c(Oc3cccc(N=Cc4c(C)[nH]c5ccccc45)c3)c(F)c2F)c1. The zero-order valence-electron chi connectivity index (χ0n) is 25.6. The van der Waals surface area contributed by atoms with E-state index in [0.717, 1.165) is 44.3 Å². The van der Waals surface area contributed by atoms with Crippen molar-refractivity contribution in [2.24, 2.45) is 9.98 Å². The molecule has 0 radical (unpaired) electrons. The second-order valence-electron chi connectivity index (χ2n) is 11.0. The summed E-state index contributed by atoms with van der Waals surface area (Å²) in [6.45, 7) is 3.83. The summed E-state index contributed by atoms with van der Waals surface area (Å²) in [5.74, 6) is -9.68.